The van der Waals surface area contributed by atoms with Gasteiger partial charge in [0.25, 0.3) is 0 Å². The molecule has 2 nitrogen and oxygen atoms in total. The fraction of sp³-hybridized carbons (Fsp3) is 0.846. The van der Waals surface area contributed by atoms with E-state index >= 15 is 0 Å². The second-order valence-electron chi connectivity index (χ2n) is 4.36. The Bertz CT molecular complexity index is 233. The van der Waals surface area contributed by atoms with Gasteiger partial charge in [-0.1, -0.05) is 6.92 Å². The normalized spacial score (nSPS) is 27.9. The van der Waals surface area contributed by atoms with Crippen LogP contribution in [0.3, 0.4) is 0 Å². The number of ether oxygens (including phenoxy) is 1. The second kappa shape index (κ2) is 6.15. The first-order valence-electron chi connectivity index (χ1n) is 6.00. The van der Waals surface area contributed by atoms with Gasteiger partial charge in [0, 0.05) is 19.1 Å². The third kappa shape index (κ3) is 3.52. The average molecular weight is 209 g/mol. The van der Waals surface area contributed by atoms with E-state index in [1.807, 2.05) is 6.92 Å². The third-order valence-corrected chi connectivity index (χ3v) is 3.17. The summed E-state index contributed by atoms with van der Waals surface area (Å²) in [6.45, 7) is 8.13. The molecule has 1 fully saturated rings. The van der Waals surface area contributed by atoms with Crippen LogP contribution in [0.15, 0.2) is 0 Å². The summed E-state index contributed by atoms with van der Waals surface area (Å²) in [7, 11) is 0. The van der Waals surface area contributed by atoms with Crippen LogP contribution in [0.2, 0.25) is 0 Å². The maximum Gasteiger partial charge on any atom is 0.0816 e. The highest BCUT2D eigenvalue weighted by Gasteiger charge is 2.35. The minimum atomic E-state index is -0.0158. The van der Waals surface area contributed by atoms with Gasteiger partial charge < -0.3 is 10.1 Å². The Morgan fingerprint density at radius 3 is 2.80 bits per heavy atom. The van der Waals surface area contributed by atoms with Crippen LogP contribution in [0.5, 0.6) is 0 Å². The van der Waals surface area contributed by atoms with Gasteiger partial charge in [-0.15, -0.1) is 11.8 Å². The van der Waals surface area contributed by atoms with Gasteiger partial charge in [0.05, 0.1) is 5.60 Å². The van der Waals surface area contributed by atoms with E-state index in [1.165, 1.54) is 12.8 Å². The van der Waals surface area contributed by atoms with E-state index in [2.05, 4.69) is 31.0 Å². The molecule has 2 unspecified atom stereocenters. The molecule has 0 aromatic carbocycles. The first kappa shape index (κ1) is 12.5. The minimum absolute atomic E-state index is 0.0158. The van der Waals surface area contributed by atoms with Crippen molar-refractivity contribution in [3.8, 4) is 11.8 Å². The van der Waals surface area contributed by atoms with Crippen molar-refractivity contribution in [3.63, 3.8) is 0 Å². The van der Waals surface area contributed by atoms with Crippen molar-refractivity contribution in [2.24, 2.45) is 0 Å². The van der Waals surface area contributed by atoms with Crippen molar-refractivity contribution in [1.82, 2.24) is 5.32 Å². The van der Waals surface area contributed by atoms with Crippen LogP contribution in [0, 0.1) is 11.8 Å². The first-order chi connectivity index (χ1) is 7.23. The van der Waals surface area contributed by atoms with Crippen LogP contribution in [-0.4, -0.2) is 24.8 Å². The molecule has 2 atom stereocenters. The first-order valence-corrected chi connectivity index (χ1v) is 6.00. The molecule has 1 aliphatic rings. The third-order valence-electron chi connectivity index (χ3n) is 3.17. The summed E-state index contributed by atoms with van der Waals surface area (Å²) >= 11 is 0. The van der Waals surface area contributed by atoms with Gasteiger partial charge in [-0.25, -0.2) is 0 Å². The van der Waals surface area contributed by atoms with Gasteiger partial charge in [0.2, 0.25) is 0 Å². The van der Waals surface area contributed by atoms with Crippen LogP contribution in [0.25, 0.3) is 0 Å². The van der Waals surface area contributed by atoms with Gasteiger partial charge in [0.1, 0.15) is 0 Å². The summed E-state index contributed by atoms with van der Waals surface area (Å²) in [6.07, 6.45) is 4.52. The largest absolute Gasteiger partial charge is 0.374 e. The predicted molar refractivity (Wildman–Crippen MR) is 63.7 cm³/mol. The van der Waals surface area contributed by atoms with E-state index in [1.54, 1.807) is 0 Å². The molecule has 0 bridgehead atoms. The van der Waals surface area contributed by atoms with E-state index in [0.29, 0.717) is 6.04 Å². The number of hydrogen-bond donors (Lipinski definition) is 1. The molecule has 1 heterocycles. The zero-order valence-corrected chi connectivity index (χ0v) is 10.2. The fourth-order valence-corrected chi connectivity index (χ4v) is 2.18. The Balaban J connectivity index is 2.61. The van der Waals surface area contributed by atoms with Crippen molar-refractivity contribution < 1.29 is 4.74 Å². The molecule has 0 spiro atoms. The molecule has 0 amide bonds. The molecule has 1 rings (SSSR count). The zero-order chi connectivity index (χ0) is 11.1. The highest BCUT2D eigenvalue weighted by atomic mass is 16.5. The molecular formula is C13H23NO. The molecule has 0 aromatic heterocycles. The number of hydrogen-bond acceptors (Lipinski definition) is 2. The van der Waals surface area contributed by atoms with Crippen molar-refractivity contribution in [2.45, 2.75) is 58.1 Å². The Kier molecular flexibility index (Phi) is 5.14. The second-order valence-corrected chi connectivity index (χ2v) is 4.36. The molecule has 86 valence electrons. The van der Waals surface area contributed by atoms with Crippen molar-refractivity contribution in [3.05, 3.63) is 0 Å². The fourth-order valence-electron chi connectivity index (χ4n) is 2.18. The van der Waals surface area contributed by atoms with Crippen molar-refractivity contribution in [1.29, 1.82) is 0 Å². The zero-order valence-electron chi connectivity index (χ0n) is 10.2. The van der Waals surface area contributed by atoms with E-state index in [9.17, 15) is 0 Å². The Labute approximate surface area is 93.8 Å². The summed E-state index contributed by atoms with van der Waals surface area (Å²) in [5.41, 5.74) is -0.0158. The lowest BCUT2D eigenvalue weighted by Gasteiger charge is -2.40. The molecule has 1 N–H and O–H groups in total. The number of nitrogens with one attached hydrogen (secondary N) is 1. The van der Waals surface area contributed by atoms with Crippen molar-refractivity contribution in [2.75, 3.05) is 13.2 Å². The minimum Gasteiger partial charge on any atom is -0.374 e. The molecule has 0 saturated carbocycles. The highest BCUT2D eigenvalue weighted by Crippen LogP contribution is 2.29. The molecule has 15 heavy (non-hydrogen) atoms. The smallest absolute Gasteiger partial charge is 0.0816 e. The lowest BCUT2D eigenvalue weighted by molar-refractivity contribution is -0.0872. The lowest BCUT2D eigenvalue weighted by atomic mass is 9.86. The molecule has 1 saturated heterocycles. The van der Waals surface area contributed by atoms with E-state index in [4.69, 9.17) is 4.74 Å². The molecule has 0 aromatic rings. The Morgan fingerprint density at radius 2 is 2.27 bits per heavy atom. The molecule has 2 heteroatoms. The van der Waals surface area contributed by atoms with E-state index < -0.39 is 0 Å². The monoisotopic (exact) mass is 209 g/mol. The van der Waals surface area contributed by atoms with Gasteiger partial charge in [0.15, 0.2) is 0 Å². The predicted octanol–water partition coefficient (Wildman–Crippen LogP) is 2.34. The summed E-state index contributed by atoms with van der Waals surface area (Å²) in [5, 5.41) is 3.50. The van der Waals surface area contributed by atoms with Crippen LogP contribution >= 0.6 is 0 Å². The van der Waals surface area contributed by atoms with Crippen molar-refractivity contribution >= 4 is 0 Å². The van der Waals surface area contributed by atoms with Gasteiger partial charge >= 0.3 is 0 Å². The van der Waals surface area contributed by atoms with Crippen LogP contribution in [0.4, 0.5) is 0 Å². The Hall–Kier alpha value is -0.520. The molecule has 0 radical (unpaired) electrons. The molecular weight excluding hydrogens is 186 g/mol. The maximum absolute atomic E-state index is 5.95. The number of rotatable bonds is 4. The number of likely N-dealkylation sites (N-methyl/N-ethyl adjacent to an activating group) is 1. The average Bonchev–Trinajstić information content (AvgIpc) is 2.25. The lowest BCUT2D eigenvalue weighted by Crippen LogP contribution is -2.52. The van der Waals surface area contributed by atoms with E-state index in [-0.39, 0.29) is 5.60 Å². The SMILES string of the molecule is CC#CCC(NCC)C1(C)CCCCO1. The quantitative estimate of drug-likeness (QED) is 0.718. The van der Waals surface area contributed by atoms with Gasteiger partial charge in [-0.3, -0.25) is 0 Å². The highest BCUT2D eigenvalue weighted by molar-refractivity contribution is 5.03. The van der Waals surface area contributed by atoms with Crippen LogP contribution in [-0.2, 0) is 4.74 Å². The van der Waals surface area contributed by atoms with E-state index in [0.717, 1.165) is 26.0 Å². The molecule has 1 aliphatic heterocycles. The molecule has 0 aliphatic carbocycles. The summed E-state index contributed by atoms with van der Waals surface area (Å²) in [6, 6.07) is 0.371. The maximum atomic E-state index is 5.95. The standard InChI is InChI=1S/C13H23NO/c1-4-6-9-12(14-5-2)13(3)10-7-8-11-15-13/h12,14H,5,7-11H2,1-3H3. The topological polar surface area (TPSA) is 21.3 Å². The summed E-state index contributed by atoms with van der Waals surface area (Å²) in [5.74, 6) is 6.13. The van der Waals surface area contributed by atoms with Crippen LogP contribution < -0.4 is 5.32 Å². The van der Waals surface area contributed by atoms with Crippen LogP contribution in [0.1, 0.15) is 46.5 Å². The van der Waals surface area contributed by atoms with Gasteiger partial charge in [-0.05, 0) is 39.7 Å². The van der Waals surface area contributed by atoms with Gasteiger partial charge in [-0.2, -0.15) is 0 Å². The Morgan fingerprint density at radius 1 is 1.47 bits per heavy atom. The summed E-state index contributed by atoms with van der Waals surface area (Å²) < 4.78 is 5.95. The summed E-state index contributed by atoms with van der Waals surface area (Å²) in [4.78, 5) is 0.